The molecule has 3 N–H and O–H groups in total. The van der Waals surface area contributed by atoms with Gasteiger partial charge in [-0.15, -0.1) is 22.0 Å². The molecule has 0 saturated carbocycles. The molecule has 0 radical (unpaired) electrons. The highest BCUT2D eigenvalue weighted by Crippen LogP contribution is 2.22. The van der Waals surface area contributed by atoms with Gasteiger partial charge in [0.05, 0.1) is 0 Å². The lowest BCUT2D eigenvalue weighted by molar-refractivity contribution is 1.03. The quantitative estimate of drug-likeness (QED) is 0.654. The van der Waals surface area contributed by atoms with Gasteiger partial charge in [-0.25, -0.2) is 5.84 Å². The summed E-state index contributed by atoms with van der Waals surface area (Å²) in [4.78, 5) is 0. The third-order valence-electron chi connectivity index (χ3n) is 2.00. The Kier molecular flexibility index (Phi) is 4.61. The largest absolute Gasteiger partial charge is 0.298 e. The van der Waals surface area contributed by atoms with E-state index in [0.29, 0.717) is 5.13 Å². The van der Waals surface area contributed by atoms with Crippen LogP contribution in [-0.4, -0.2) is 10.2 Å². The lowest BCUT2D eigenvalue weighted by Gasteiger charge is -1.99. The summed E-state index contributed by atoms with van der Waals surface area (Å²) in [7, 11) is 0. The van der Waals surface area contributed by atoms with Crippen molar-refractivity contribution in [2.75, 3.05) is 5.43 Å². The summed E-state index contributed by atoms with van der Waals surface area (Å²) >= 11 is 9.07. The molecule has 0 fully saturated rings. The van der Waals surface area contributed by atoms with Crippen LogP contribution in [0, 0.1) is 0 Å². The van der Waals surface area contributed by atoms with Crippen molar-refractivity contribution in [1.82, 2.24) is 10.2 Å². The number of benzene rings is 1. The second kappa shape index (κ2) is 6.20. The molecule has 2 rings (SSSR count). The van der Waals surface area contributed by atoms with Crippen LogP contribution in [0.5, 0.6) is 0 Å². The molecule has 0 aliphatic heterocycles. The van der Waals surface area contributed by atoms with Crippen molar-refractivity contribution in [1.29, 1.82) is 0 Å². The van der Waals surface area contributed by atoms with E-state index in [9.17, 15) is 0 Å². The molecule has 1 aromatic heterocycles. The first kappa shape index (κ1) is 12.6. The number of halogens is 1. The van der Waals surface area contributed by atoms with Crippen LogP contribution in [0.25, 0.3) is 0 Å². The van der Waals surface area contributed by atoms with Crippen LogP contribution < -0.4 is 11.3 Å². The monoisotopic (exact) mass is 286 g/mol. The van der Waals surface area contributed by atoms with Gasteiger partial charge >= 0.3 is 0 Å². The Hall–Kier alpha value is -0.820. The maximum Gasteiger partial charge on any atom is 0.219 e. The van der Waals surface area contributed by atoms with Gasteiger partial charge in [-0.05, 0) is 17.7 Å². The van der Waals surface area contributed by atoms with Crippen molar-refractivity contribution >= 4 is 39.8 Å². The number of aromatic nitrogens is 2. The molecular formula is C10H11ClN4S2. The first-order valence-corrected chi connectivity index (χ1v) is 7.24. The van der Waals surface area contributed by atoms with Gasteiger partial charge in [0, 0.05) is 16.5 Å². The number of anilines is 1. The Bertz CT molecular complexity index is 471. The Morgan fingerprint density at radius 2 is 2.00 bits per heavy atom. The summed E-state index contributed by atoms with van der Waals surface area (Å²) in [6, 6.07) is 7.86. The van der Waals surface area contributed by atoms with Crippen LogP contribution >= 0.6 is 34.7 Å². The number of nitrogens with one attached hydrogen (secondary N) is 1. The number of hydrogen-bond donors (Lipinski definition) is 2. The van der Waals surface area contributed by atoms with E-state index in [1.165, 1.54) is 16.9 Å². The third-order valence-corrected chi connectivity index (χ3v) is 4.30. The summed E-state index contributed by atoms with van der Waals surface area (Å²) < 4.78 is 0. The van der Waals surface area contributed by atoms with E-state index in [-0.39, 0.29) is 0 Å². The van der Waals surface area contributed by atoms with Crippen LogP contribution in [0.2, 0.25) is 5.02 Å². The van der Waals surface area contributed by atoms with Gasteiger partial charge in [-0.1, -0.05) is 35.1 Å². The molecule has 7 heteroatoms. The molecule has 0 atom stereocenters. The van der Waals surface area contributed by atoms with Crippen LogP contribution in [0.15, 0.2) is 24.3 Å². The van der Waals surface area contributed by atoms with Gasteiger partial charge in [0.25, 0.3) is 0 Å². The molecule has 0 unspecified atom stereocenters. The highest BCUT2D eigenvalue weighted by molar-refractivity contribution is 7.97. The molecule has 4 nitrogen and oxygen atoms in total. The Labute approximate surface area is 113 Å². The average Bonchev–Trinajstić information content (AvgIpc) is 2.80. The van der Waals surface area contributed by atoms with Crippen molar-refractivity contribution < 1.29 is 0 Å². The molecule has 0 spiro atoms. The maximum absolute atomic E-state index is 5.82. The predicted molar refractivity (Wildman–Crippen MR) is 74.2 cm³/mol. The lowest BCUT2D eigenvalue weighted by Crippen LogP contribution is -2.05. The van der Waals surface area contributed by atoms with E-state index >= 15 is 0 Å². The molecule has 17 heavy (non-hydrogen) atoms. The van der Waals surface area contributed by atoms with Crippen LogP contribution in [0.4, 0.5) is 5.13 Å². The first-order chi connectivity index (χ1) is 8.28. The molecule has 0 aliphatic rings. The van der Waals surface area contributed by atoms with E-state index < -0.39 is 0 Å². The third kappa shape index (κ3) is 3.85. The van der Waals surface area contributed by atoms with Gasteiger partial charge in [0.15, 0.2) is 0 Å². The van der Waals surface area contributed by atoms with Crippen LogP contribution in [-0.2, 0) is 11.5 Å². The number of nitrogens with two attached hydrogens (primary N) is 1. The Morgan fingerprint density at radius 3 is 2.65 bits per heavy atom. The molecule has 0 aliphatic carbocycles. The minimum absolute atomic E-state index is 0.645. The average molecular weight is 287 g/mol. The Morgan fingerprint density at radius 1 is 1.24 bits per heavy atom. The van der Waals surface area contributed by atoms with Crippen molar-refractivity contribution in [3.8, 4) is 0 Å². The molecule has 0 bridgehead atoms. The lowest BCUT2D eigenvalue weighted by atomic mass is 10.2. The second-order valence-corrected chi connectivity index (χ2v) is 5.75. The van der Waals surface area contributed by atoms with Gasteiger partial charge in [-0.3, -0.25) is 5.43 Å². The maximum atomic E-state index is 5.82. The van der Waals surface area contributed by atoms with Crippen molar-refractivity contribution in [2.24, 2.45) is 5.84 Å². The fourth-order valence-corrected chi connectivity index (χ4v) is 3.03. The van der Waals surface area contributed by atoms with Crippen LogP contribution in [0.1, 0.15) is 10.6 Å². The minimum Gasteiger partial charge on any atom is -0.298 e. The molecule has 0 amide bonds. The summed E-state index contributed by atoms with van der Waals surface area (Å²) in [5, 5.41) is 10.3. The summed E-state index contributed by atoms with van der Waals surface area (Å²) in [5.41, 5.74) is 3.73. The number of nitrogen functional groups attached to an aromatic ring is 1. The number of nitrogens with zero attached hydrogens (tertiary/aromatic N) is 2. The van der Waals surface area contributed by atoms with Gasteiger partial charge in [-0.2, -0.15) is 0 Å². The van der Waals surface area contributed by atoms with Crippen LogP contribution in [0.3, 0.4) is 0 Å². The van der Waals surface area contributed by atoms with Crippen molar-refractivity contribution in [2.45, 2.75) is 11.5 Å². The smallest absolute Gasteiger partial charge is 0.219 e. The summed E-state index contributed by atoms with van der Waals surface area (Å²) in [6.07, 6.45) is 0. The minimum atomic E-state index is 0.645. The molecular weight excluding hydrogens is 276 g/mol. The topological polar surface area (TPSA) is 63.8 Å². The normalized spacial score (nSPS) is 10.5. The zero-order valence-electron chi connectivity index (χ0n) is 8.89. The standard InChI is InChI=1S/C10H11ClN4S2/c11-8-3-1-7(2-4-8)5-16-6-9-14-15-10(13-12)17-9/h1-4H,5-6,12H2,(H,13,15). The van der Waals surface area contributed by atoms with E-state index in [1.807, 2.05) is 24.3 Å². The van der Waals surface area contributed by atoms with Crippen molar-refractivity contribution in [3.05, 3.63) is 39.9 Å². The highest BCUT2D eigenvalue weighted by atomic mass is 35.5. The predicted octanol–water partition coefficient (Wildman–Crippen LogP) is 2.91. The van der Waals surface area contributed by atoms with E-state index in [1.54, 1.807) is 11.8 Å². The number of hydrazine groups is 1. The fraction of sp³-hybridized carbons (Fsp3) is 0.200. The van der Waals surface area contributed by atoms with Gasteiger partial charge < -0.3 is 0 Å². The van der Waals surface area contributed by atoms with E-state index in [4.69, 9.17) is 17.4 Å². The molecule has 90 valence electrons. The number of hydrogen-bond acceptors (Lipinski definition) is 6. The summed E-state index contributed by atoms with van der Waals surface area (Å²) in [5.74, 6) is 7.00. The van der Waals surface area contributed by atoms with Crippen molar-refractivity contribution in [3.63, 3.8) is 0 Å². The zero-order chi connectivity index (χ0) is 12.1. The second-order valence-electron chi connectivity index (χ2n) is 3.26. The molecule has 1 heterocycles. The van der Waals surface area contributed by atoms with Gasteiger partial charge in [0.2, 0.25) is 5.13 Å². The molecule has 1 aromatic carbocycles. The number of rotatable bonds is 5. The Balaban J connectivity index is 1.81. The molecule has 0 saturated heterocycles. The van der Waals surface area contributed by atoms with E-state index in [2.05, 4.69) is 15.6 Å². The first-order valence-electron chi connectivity index (χ1n) is 4.89. The highest BCUT2D eigenvalue weighted by Gasteiger charge is 2.02. The molecule has 2 aromatic rings. The van der Waals surface area contributed by atoms with Gasteiger partial charge in [0.1, 0.15) is 5.01 Å². The zero-order valence-corrected chi connectivity index (χ0v) is 11.3. The SMILES string of the molecule is NNc1nnc(CSCc2ccc(Cl)cc2)s1. The number of thioether (sulfide) groups is 1. The fourth-order valence-electron chi connectivity index (χ4n) is 1.21. The van der Waals surface area contributed by atoms with E-state index in [0.717, 1.165) is 21.5 Å². The summed E-state index contributed by atoms with van der Waals surface area (Å²) in [6.45, 7) is 0.